The van der Waals surface area contributed by atoms with E-state index >= 15 is 0 Å². The first kappa shape index (κ1) is 8.83. The molecule has 1 fully saturated rings. The van der Waals surface area contributed by atoms with E-state index in [2.05, 4.69) is 27.4 Å². The van der Waals surface area contributed by atoms with Gasteiger partial charge in [0, 0.05) is 0 Å². The van der Waals surface area contributed by atoms with Crippen molar-refractivity contribution in [3.8, 4) is 0 Å². The number of allylic oxidation sites excluding steroid dienone is 1. The van der Waals surface area contributed by atoms with Crippen LogP contribution in [0, 0.1) is 17.8 Å². The fourth-order valence-corrected chi connectivity index (χ4v) is 2.22. The summed E-state index contributed by atoms with van der Waals surface area (Å²) in [5.74, 6) is 2.50. The number of hydrogen-bond donors (Lipinski definition) is 0. The average molecular weight is 152 g/mol. The van der Waals surface area contributed by atoms with Gasteiger partial charge in [0.25, 0.3) is 0 Å². The molecule has 0 heteroatoms. The summed E-state index contributed by atoms with van der Waals surface area (Å²) in [6, 6.07) is 0. The minimum Gasteiger partial charge on any atom is -0.0993 e. The molecule has 11 heavy (non-hydrogen) atoms. The van der Waals surface area contributed by atoms with Crippen LogP contribution in [0.15, 0.2) is 12.2 Å². The van der Waals surface area contributed by atoms with Crippen molar-refractivity contribution in [1.82, 2.24) is 0 Å². The zero-order chi connectivity index (χ0) is 8.43. The zero-order valence-corrected chi connectivity index (χ0v) is 8.06. The smallest absolute Gasteiger partial charge is 0.0229 e. The molecule has 1 rings (SSSR count). The Labute approximate surface area is 70.7 Å². The zero-order valence-electron chi connectivity index (χ0n) is 8.06. The molecule has 2 atom stereocenters. The standard InChI is InChI=1S/C11H20/c1-5-11-6-8(2)10(4)9(3)7-11/h8-9,11H,4-7H2,1-3H3. The number of rotatable bonds is 1. The normalized spacial score (nSPS) is 39.2. The van der Waals surface area contributed by atoms with Crippen LogP contribution in [0.3, 0.4) is 0 Å². The molecule has 64 valence electrons. The summed E-state index contributed by atoms with van der Waals surface area (Å²) in [7, 11) is 0. The quantitative estimate of drug-likeness (QED) is 0.503. The van der Waals surface area contributed by atoms with Gasteiger partial charge in [0.05, 0.1) is 0 Å². The van der Waals surface area contributed by atoms with Crippen molar-refractivity contribution in [2.75, 3.05) is 0 Å². The SMILES string of the molecule is C=C1C(C)CC(CC)CC1C. The van der Waals surface area contributed by atoms with Gasteiger partial charge < -0.3 is 0 Å². The molecule has 0 aromatic rings. The molecule has 0 aromatic carbocycles. The molecule has 1 aliphatic carbocycles. The lowest BCUT2D eigenvalue weighted by molar-refractivity contribution is 0.286. The van der Waals surface area contributed by atoms with E-state index in [0.717, 1.165) is 17.8 Å². The predicted molar refractivity (Wildman–Crippen MR) is 50.5 cm³/mol. The predicted octanol–water partition coefficient (Wildman–Crippen LogP) is 3.63. The van der Waals surface area contributed by atoms with Gasteiger partial charge in [-0.1, -0.05) is 39.3 Å². The van der Waals surface area contributed by atoms with Crippen molar-refractivity contribution < 1.29 is 0 Å². The van der Waals surface area contributed by atoms with Crippen molar-refractivity contribution in [2.24, 2.45) is 17.8 Å². The highest BCUT2D eigenvalue weighted by molar-refractivity contribution is 5.07. The monoisotopic (exact) mass is 152 g/mol. The van der Waals surface area contributed by atoms with Crippen LogP contribution in [0.1, 0.15) is 40.0 Å². The topological polar surface area (TPSA) is 0 Å². The minimum atomic E-state index is 0.767. The molecule has 0 amide bonds. The summed E-state index contributed by atoms with van der Waals surface area (Å²) < 4.78 is 0. The van der Waals surface area contributed by atoms with Crippen LogP contribution in [-0.4, -0.2) is 0 Å². The number of hydrogen-bond acceptors (Lipinski definition) is 0. The Morgan fingerprint density at radius 2 is 1.73 bits per heavy atom. The van der Waals surface area contributed by atoms with Gasteiger partial charge in [-0.2, -0.15) is 0 Å². The van der Waals surface area contributed by atoms with Crippen molar-refractivity contribution in [1.29, 1.82) is 0 Å². The lowest BCUT2D eigenvalue weighted by Crippen LogP contribution is -2.21. The van der Waals surface area contributed by atoms with E-state index in [1.54, 1.807) is 0 Å². The Morgan fingerprint density at radius 1 is 1.27 bits per heavy atom. The maximum Gasteiger partial charge on any atom is -0.0229 e. The van der Waals surface area contributed by atoms with E-state index in [1.165, 1.54) is 24.8 Å². The maximum absolute atomic E-state index is 4.14. The van der Waals surface area contributed by atoms with Crippen LogP contribution in [0.5, 0.6) is 0 Å². The largest absolute Gasteiger partial charge is 0.0993 e. The Kier molecular flexibility index (Phi) is 2.75. The molecule has 0 aliphatic heterocycles. The first-order valence-corrected chi connectivity index (χ1v) is 4.83. The summed E-state index contributed by atoms with van der Waals surface area (Å²) in [5.41, 5.74) is 1.48. The second-order valence-electron chi connectivity index (χ2n) is 4.12. The molecule has 0 saturated heterocycles. The summed E-state index contributed by atoms with van der Waals surface area (Å²) in [6.45, 7) is 11.1. The van der Waals surface area contributed by atoms with Crippen LogP contribution in [0.2, 0.25) is 0 Å². The van der Waals surface area contributed by atoms with E-state index in [-0.39, 0.29) is 0 Å². The van der Waals surface area contributed by atoms with Crippen molar-refractivity contribution in [3.05, 3.63) is 12.2 Å². The fourth-order valence-electron chi connectivity index (χ4n) is 2.22. The van der Waals surface area contributed by atoms with E-state index < -0.39 is 0 Å². The van der Waals surface area contributed by atoms with Gasteiger partial charge in [0.1, 0.15) is 0 Å². The summed E-state index contributed by atoms with van der Waals surface area (Å²) in [6.07, 6.45) is 4.10. The van der Waals surface area contributed by atoms with Gasteiger partial charge in [-0.3, -0.25) is 0 Å². The Balaban J connectivity index is 2.54. The molecule has 0 radical (unpaired) electrons. The third-order valence-electron chi connectivity index (χ3n) is 3.22. The Morgan fingerprint density at radius 3 is 2.09 bits per heavy atom. The first-order valence-electron chi connectivity index (χ1n) is 4.83. The average Bonchev–Trinajstić information content (AvgIpc) is 1.99. The third kappa shape index (κ3) is 1.85. The fraction of sp³-hybridized carbons (Fsp3) is 0.818. The Bertz CT molecular complexity index is 132. The molecule has 0 aromatic heterocycles. The van der Waals surface area contributed by atoms with Crippen molar-refractivity contribution >= 4 is 0 Å². The van der Waals surface area contributed by atoms with E-state index in [0.29, 0.717) is 0 Å². The molecule has 1 saturated carbocycles. The second-order valence-corrected chi connectivity index (χ2v) is 4.12. The van der Waals surface area contributed by atoms with Gasteiger partial charge in [0.15, 0.2) is 0 Å². The van der Waals surface area contributed by atoms with Crippen molar-refractivity contribution in [2.45, 2.75) is 40.0 Å². The van der Waals surface area contributed by atoms with Gasteiger partial charge in [0.2, 0.25) is 0 Å². The highest BCUT2D eigenvalue weighted by Crippen LogP contribution is 2.37. The van der Waals surface area contributed by atoms with Gasteiger partial charge in [-0.25, -0.2) is 0 Å². The summed E-state index contributed by atoms with van der Waals surface area (Å²) >= 11 is 0. The second kappa shape index (κ2) is 3.42. The molecule has 0 bridgehead atoms. The molecule has 0 spiro atoms. The Hall–Kier alpha value is -0.260. The molecule has 1 aliphatic rings. The molecule has 2 unspecified atom stereocenters. The van der Waals surface area contributed by atoms with Gasteiger partial charge in [-0.15, -0.1) is 0 Å². The first-order chi connectivity index (χ1) is 5.15. The lowest BCUT2D eigenvalue weighted by atomic mass is 9.73. The maximum atomic E-state index is 4.14. The van der Waals surface area contributed by atoms with Gasteiger partial charge >= 0.3 is 0 Å². The third-order valence-corrected chi connectivity index (χ3v) is 3.22. The molecular weight excluding hydrogens is 132 g/mol. The van der Waals surface area contributed by atoms with Crippen LogP contribution in [0.25, 0.3) is 0 Å². The minimum absolute atomic E-state index is 0.767. The lowest BCUT2D eigenvalue weighted by Gasteiger charge is -2.33. The van der Waals surface area contributed by atoms with Crippen LogP contribution < -0.4 is 0 Å². The van der Waals surface area contributed by atoms with Crippen LogP contribution in [-0.2, 0) is 0 Å². The summed E-state index contributed by atoms with van der Waals surface area (Å²) in [5, 5.41) is 0. The molecule has 0 nitrogen and oxygen atoms in total. The molecular formula is C11H20. The summed E-state index contributed by atoms with van der Waals surface area (Å²) in [4.78, 5) is 0. The van der Waals surface area contributed by atoms with Gasteiger partial charge in [-0.05, 0) is 30.6 Å². The highest BCUT2D eigenvalue weighted by atomic mass is 14.3. The molecule has 0 heterocycles. The van der Waals surface area contributed by atoms with E-state index in [9.17, 15) is 0 Å². The molecule has 0 N–H and O–H groups in total. The van der Waals surface area contributed by atoms with E-state index in [4.69, 9.17) is 0 Å². The van der Waals surface area contributed by atoms with Crippen LogP contribution in [0.4, 0.5) is 0 Å². The highest BCUT2D eigenvalue weighted by Gasteiger charge is 2.25. The van der Waals surface area contributed by atoms with Crippen LogP contribution >= 0.6 is 0 Å². The van der Waals surface area contributed by atoms with E-state index in [1.807, 2.05) is 0 Å². The van der Waals surface area contributed by atoms with Crippen molar-refractivity contribution in [3.63, 3.8) is 0 Å².